The van der Waals surface area contributed by atoms with Crippen LogP contribution >= 0.6 is 23.2 Å². The molecule has 0 spiro atoms. The molecule has 0 bridgehead atoms. The van der Waals surface area contributed by atoms with E-state index in [-0.39, 0.29) is 17.7 Å². The summed E-state index contributed by atoms with van der Waals surface area (Å²) in [4.78, 5) is 41.2. The lowest BCUT2D eigenvalue weighted by Gasteiger charge is -2.10. The third-order valence-corrected chi connectivity index (χ3v) is 4.58. The minimum Gasteiger partial charge on any atom is -0.350 e. The Balaban J connectivity index is 1.84. The molecule has 0 aliphatic rings. The summed E-state index contributed by atoms with van der Waals surface area (Å²) in [7, 11) is 3.15. The number of aromatic nitrogens is 4. The van der Waals surface area contributed by atoms with Crippen LogP contribution in [0.1, 0.15) is 5.56 Å². The number of nitrogens with one attached hydrogen (secondary N) is 1. The van der Waals surface area contributed by atoms with Crippen molar-refractivity contribution in [2.45, 2.75) is 13.1 Å². The molecule has 8 nitrogen and oxygen atoms in total. The van der Waals surface area contributed by atoms with Crippen LogP contribution in [0.3, 0.4) is 0 Å². The fraction of sp³-hybridized carbons (Fsp3) is 0.250. The van der Waals surface area contributed by atoms with Crippen LogP contribution in [-0.4, -0.2) is 24.6 Å². The molecule has 1 N–H and O–H groups in total. The lowest BCUT2D eigenvalue weighted by atomic mass is 10.2. The van der Waals surface area contributed by atoms with Crippen molar-refractivity contribution < 1.29 is 4.79 Å². The molecule has 0 aliphatic heterocycles. The first-order valence-corrected chi connectivity index (χ1v) is 8.36. The van der Waals surface area contributed by atoms with E-state index in [0.717, 1.165) is 4.57 Å². The summed E-state index contributed by atoms with van der Waals surface area (Å²) in [5.74, 6) is -0.489. The number of imidazole rings is 1. The van der Waals surface area contributed by atoms with Crippen LogP contribution in [0.4, 0.5) is 0 Å². The first kappa shape index (κ1) is 18.2. The summed E-state index contributed by atoms with van der Waals surface area (Å²) in [6, 6.07) is 4.92. The second kappa shape index (κ2) is 6.97. The summed E-state index contributed by atoms with van der Waals surface area (Å²) in [5.41, 5.74) is 0.0168. The number of hydrogen-bond acceptors (Lipinski definition) is 4. The summed E-state index contributed by atoms with van der Waals surface area (Å²) in [6.45, 7) is -0.254. The molecule has 3 aromatic rings. The maximum Gasteiger partial charge on any atom is 0.332 e. The van der Waals surface area contributed by atoms with E-state index in [0.29, 0.717) is 15.6 Å². The summed E-state index contributed by atoms with van der Waals surface area (Å²) >= 11 is 11.9. The second-order valence-electron chi connectivity index (χ2n) is 5.77. The number of halogens is 2. The van der Waals surface area contributed by atoms with Gasteiger partial charge in [0.15, 0.2) is 11.2 Å². The molecular formula is C16H15Cl2N5O3. The molecule has 0 radical (unpaired) electrons. The number of aryl methyl sites for hydroxylation is 2. The lowest BCUT2D eigenvalue weighted by Crippen LogP contribution is -2.43. The van der Waals surface area contributed by atoms with Crippen molar-refractivity contribution in [1.29, 1.82) is 0 Å². The van der Waals surface area contributed by atoms with E-state index in [1.54, 1.807) is 25.2 Å². The molecule has 0 unspecified atom stereocenters. The van der Waals surface area contributed by atoms with Crippen molar-refractivity contribution in [3.05, 3.63) is 61.0 Å². The topological polar surface area (TPSA) is 90.9 Å². The highest BCUT2D eigenvalue weighted by molar-refractivity contribution is 6.35. The Labute approximate surface area is 157 Å². The lowest BCUT2D eigenvalue weighted by molar-refractivity contribution is -0.121. The Bertz CT molecular complexity index is 1130. The molecule has 26 heavy (non-hydrogen) atoms. The highest BCUT2D eigenvalue weighted by Crippen LogP contribution is 2.20. The van der Waals surface area contributed by atoms with Crippen molar-refractivity contribution in [2.24, 2.45) is 14.1 Å². The fourth-order valence-corrected chi connectivity index (χ4v) is 3.07. The summed E-state index contributed by atoms with van der Waals surface area (Å²) in [6.07, 6.45) is 1.44. The van der Waals surface area contributed by atoms with E-state index >= 15 is 0 Å². The van der Waals surface area contributed by atoms with Gasteiger partial charge in [-0.2, -0.15) is 0 Å². The third kappa shape index (κ3) is 3.25. The molecule has 2 heterocycles. The maximum absolute atomic E-state index is 12.6. The number of nitrogens with zero attached hydrogens (tertiary/aromatic N) is 4. The number of benzene rings is 1. The van der Waals surface area contributed by atoms with Gasteiger partial charge in [-0.05, 0) is 17.7 Å². The number of carbonyl (C=O) groups is 1. The van der Waals surface area contributed by atoms with Crippen molar-refractivity contribution in [2.75, 3.05) is 0 Å². The van der Waals surface area contributed by atoms with E-state index in [1.165, 1.54) is 22.5 Å². The molecule has 1 amide bonds. The molecule has 0 fully saturated rings. The first-order valence-electron chi connectivity index (χ1n) is 7.61. The Kier molecular flexibility index (Phi) is 4.88. The van der Waals surface area contributed by atoms with Crippen LogP contribution in [0, 0.1) is 0 Å². The average Bonchev–Trinajstić information content (AvgIpc) is 2.98. The normalized spacial score (nSPS) is 11.1. The monoisotopic (exact) mass is 395 g/mol. The number of carbonyl (C=O) groups excluding carboxylic acids is 1. The minimum atomic E-state index is -0.610. The standard InChI is InChI=1S/C16H15Cl2N5O3/c1-21-8-20-14-13(21)15(25)23(16(26)22(14)2)7-12(24)19-6-9-3-4-10(17)5-11(9)18/h3-5,8H,6-7H2,1-2H3,(H,19,24). The minimum absolute atomic E-state index is 0.151. The van der Waals surface area contributed by atoms with Crippen LogP contribution in [0.5, 0.6) is 0 Å². The van der Waals surface area contributed by atoms with Crippen LogP contribution in [0.15, 0.2) is 34.1 Å². The second-order valence-corrected chi connectivity index (χ2v) is 6.62. The zero-order valence-corrected chi connectivity index (χ0v) is 15.5. The average molecular weight is 396 g/mol. The quantitative estimate of drug-likeness (QED) is 0.714. The number of amides is 1. The highest BCUT2D eigenvalue weighted by Gasteiger charge is 2.17. The van der Waals surface area contributed by atoms with E-state index in [1.807, 2.05) is 0 Å². The van der Waals surface area contributed by atoms with Crippen LogP contribution in [0.25, 0.3) is 11.2 Å². The smallest absolute Gasteiger partial charge is 0.332 e. The van der Waals surface area contributed by atoms with Crippen molar-refractivity contribution in [3.63, 3.8) is 0 Å². The maximum atomic E-state index is 12.6. The molecular weight excluding hydrogens is 381 g/mol. The summed E-state index contributed by atoms with van der Waals surface area (Å²) in [5, 5.41) is 3.55. The van der Waals surface area contributed by atoms with Crippen LogP contribution < -0.4 is 16.6 Å². The Morgan fingerprint density at radius 2 is 1.96 bits per heavy atom. The fourth-order valence-electron chi connectivity index (χ4n) is 2.59. The van der Waals surface area contributed by atoms with Gasteiger partial charge >= 0.3 is 5.69 Å². The van der Waals surface area contributed by atoms with Gasteiger partial charge in [-0.1, -0.05) is 29.3 Å². The van der Waals surface area contributed by atoms with Crippen LogP contribution in [0.2, 0.25) is 10.0 Å². The molecule has 136 valence electrons. The number of fused-ring (bicyclic) bond motifs is 1. The first-order chi connectivity index (χ1) is 12.3. The van der Waals surface area contributed by atoms with Gasteiger partial charge in [-0.3, -0.25) is 14.2 Å². The number of rotatable bonds is 4. The highest BCUT2D eigenvalue weighted by atomic mass is 35.5. The van der Waals surface area contributed by atoms with Gasteiger partial charge in [-0.15, -0.1) is 0 Å². The Morgan fingerprint density at radius 3 is 2.65 bits per heavy atom. The van der Waals surface area contributed by atoms with Crippen molar-refractivity contribution in [3.8, 4) is 0 Å². The van der Waals surface area contributed by atoms with E-state index in [9.17, 15) is 14.4 Å². The van der Waals surface area contributed by atoms with Gasteiger partial charge in [-0.25, -0.2) is 14.3 Å². The zero-order chi connectivity index (χ0) is 19.0. The van der Waals surface area contributed by atoms with E-state index in [2.05, 4.69) is 10.3 Å². The third-order valence-electron chi connectivity index (χ3n) is 3.99. The largest absolute Gasteiger partial charge is 0.350 e. The Hall–Kier alpha value is -2.58. The molecule has 0 saturated carbocycles. The molecule has 10 heteroatoms. The predicted octanol–water partition coefficient (Wildman–Crippen LogP) is 1.06. The van der Waals surface area contributed by atoms with Gasteiger partial charge in [0, 0.05) is 30.7 Å². The molecule has 1 aromatic carbocycles. The predicted molar refractivity (Wildman–Crippen MR) is 98.5 cm³/mol. The zero-order valence-electron chi connectivity index (χ0n) is 14.0. The Morgan fingerprint density at radius 1 is 1.23 bits per heavy atom. The molecule has 2 aromatic heterocycles. The van der Waals surface area contributed by atoms with Crippen LogP contribution in [-0.2, 0) is 32.0 Å². The number of hydrogen-bond donors (Lipinski definition) is 1. The van der Waals surface area contributed by atoms with Gasteiger partial charge in [0.1, 0.15) is 6.54 Å². The molecule has 3 rings (SSSR count). The van der Waals surface area contributed by atoms with Gasteiger partial charge < -0.3 is 9.88 Å². The van der Waals surface area contributed by atoms with E-state index in [4.69, 9.17) is 23.2 Å². The van der Waals surface area contributed by atoms with Gasteiger partial charge in [0.25, 0.3) is 5.56 Å². The van der Waals surface area contributed by atoms with Gasteiger partial charge in [0.2, 0.25) is 5.91 Å². The van der Waals surface area contributed by atoms with E-state index < -0.39 is 23.7 Å². The molecule has 0 atom stereocenters. The van der Waals surface area contributed by atoms with Crippen molar-refractivity contribution in [1.82, 2.24) is 24.0 Å². The van der Waals surface area contributed by atoms with Gasteiger partial charge in [0.05, 0.1) is 6.33 Å². The SMILES string of the molecule is Cn1cnc2c1c(=O)n(CC(=O)NCc1ccc(Cl)cc1Cl)c(=O)n2C. The molecule has 0 saturated heterocycles. The van der Waals surface area contributed by atoms with Crippen molar-refractivity contribution >= 4 is 40.3 Å². The summed E-state index contributed by atoms with van der Waals surface area (Å²) < 4.78 is 3.63. The molecule has 0 aliphatic carbocycles.